The summed E-state index contributed by atoms with van der Waals surface area (Å²) in [7, 11) is -3.81. The minimum atomic E-state index is -3.81. The average molecular weight is 475 g/mol. The molecule has 2 aromatic rings. The lowest BCUT2D eigenvalue weighted by Gasteiger charge is -2.28. The second-order valence-electron chi connectivity index (χ2n) is 8.33. The number of benzene rings is 1. The Morgan fingerprint density at radius 3 is 2.58 bits per heavy atom. The number of aromatic nitrogens is 1. The van der Waals surface area contributed by atoms with Crippen molar-refractivity contribution in [2.45, 2.75) is 50.2 Å². The molecule has 1 aromatic heterocycles. The highest BCUT2D eigenvalue weighted by atomic mass is 32.2. The third kappa shape index (κ3) is 6.63. The van der Waals surface area contributed by atoms with Gasteiger partial charge < -0.3 is 9.30 Å². The summed E-state index contributed by atoms with van der Waals surface area (Å²) in [6.07, 6.45) is 8.10. The highest BCUT2D eigenvalue weighted by Crippen LogP contribution is 2.23. The molecule has 1 unspecified atom stereocenters. The van der Waals surface area contributed by atoms with Crippen molar-refractivity contribution in [2.24, 2.45) is 0 Å². The van der Waals surface area contributed by atoms with E-state index in [0.29, 0.717) is 13.0 Å². The predicted molar refractivity (Wildman–Crippen MR) is 127 cm³/mol. The van der Waals surface area contributed by atoms with Crippen LogP contribution < -0.4 is 11.0 Å². The number of aryl methyl sites for hydroxylation is 1. The lowest BCUT2D eigenvalue weighted by Crippen LogP contribution is -2.51. The molecule has 1 aliphatic rings. The maximum absolute atomic E-state index is 12.8. The number of sulfone groups is 1. The summed E-state index contributed by atoms with van der Waals surface area (Å²) in [5, 5.41) is 0. The Morgan fingerprint density at radius 1 is 1.21 bits per heavy atom. The van der Waals surface area contributed by atoms with Gasteiger partial charge in [0.25, 0.3) is 11.5 Å². The first-order valence-electron chi connectivity index (χ1n) is 10.9. The van der Waals surface area contributed by atoms with E-state index in [0.717, 1.165) is 30.2 Å². The van der Waals surface area contributed by atoms with E-state index in [1.54, 1.807) is 12.3 Å². The molecule has 0 radical (unpaired) electrons. The molecule has 1 amide bonds. The molecule has 1 N–H and O–H groups in total. The summed E-state index contributed by atoms with van der Waals surface area (Å²) in [5.41, 5.74) is 3.71. The Morgan fingerprint density at radius 2 is 1.94 bits per heavy atom. The first kappa shape index (κ1) is 24.9. The number of nitrogens with one attached hydrogen (secondary N) is 1. The van der Waals surface area contributed by atoms with Gasteiger partial charge in [0.1, 0.15) is 0 Å². The van der Waals surface area contributed by atoms with Crippen LogP contribution in [0, 0.1) is 0 Å². The topological polar surface area (TPSA) is 104 Å². The fourth-order valence-electron chi connectivity index (χ4n) is 3.40. The van der Waals surface area contributed by atoms with Gasteiger partial charge in [0.2, 0.25) is 0 Å². The third-order valence-corrected chi connectivity index (χ3v) is 7.86. The minimum Gasteiger partial charge on any atom is -0.350 e. The Kier molecular flexibility index (Phi) is 8.23. The van der Waals surface area contributed by atoms with Crippen LogP contribution >= 0.6 is 0 Å². The zero-order valence-electron chi connectivity index (χ0n) is 18.9. The molecule has 1 aromatic carbocycles. The number of ether oxygens (including phenoxy) is 1. The van der Waals surface area contributed by atoms with Crippen LogP contribution in [0.25, 0.3) is 12.2 Å². The van der Waals surface area contributed by atoms with Crippen LogP contribution in [0.15, 0.2) is 53.5 Å². The van der Waals surface area contributed by atoms with Crippen molar-refractivity contribution < 1.29 is 22.8 Å². The molecule has 1 saturated heterocycles. The van der Waals surface area contributed by atoms with Crippen molar-refractivity contribution in [3.05, 3.63) is 70.1 Å². The molecule has 0 spiro atoms. The van der Waals surface area contributed by atoms with Crippen molar-refractivity contribution in [1.82, 2.24) is 10.0 Å². The molecule has 0 aliphatic carbocycles. The maximum atomic E-state index is 12.8. The van der Waals surface area contributed by atoms with Crippen LogP contribution in [0.4, 0.5) is 0 Å². The van der Waals surface area contributed by atoms with Crippen LogP contribution in [-0.2, 0) is 30.8 Å². The number of hydrogen-bond donors (Lipinski definition) is 1. The van der Waals surface area contributed by atoms with Gasteiger partial charge in [0, 0.05) is 38.1 Å². The van der Waals surface area contributed by atoms with Gasteiger partial charge in [-0.3, -0.25) is 9.59 Å². The number of carbonyl (C=O) groups excluding carboxylic acids is 1. The summed E-state index contributed by atoms with van der Waals surface area (Å²) in [4.78, 5) is 30.6. The summed E-state index contributed by atoms with van der Waals surface area (Å²) < 4.78 is 30.0. The van der Waals surface area contributed by atoms with E-state index in [9.17, 15) is 18.0 Å². The molecule has 1 aliphatic heterocycles. The van der Waals surface area contributed by atoms with Gasteiger partial charge in [-0.1, -0.05) is 42.5 Å². The first-order chi connectivity index (χ1) is 15.7. The molecule has 33 heavy (non-hydrogen) atoms. The number of carbonyl (C=O) groups is 1. The summed E-state index contributed by atoms with van der Waals surface area (Å²) in [5.74, 6) is -0.783. The van der Waals surface area contributed by atoms with Crippen molar-refractivity contribution >= 4 is 27.9 Å². The molecule has 0 saturated carbocycles. The number of pyridine rings is 1. The fraction of sp³-hybridized carbons (Fsp3) is 0.417. The van der Waals surface area contributed by atoms with E-state index in [1.807, 2.05) is 42.5 Å². The zero-order chi connectivity index (χ0) is 23.9. The van der Waals surface area contributed by atoms with Crippen molar-refractivity contribution in [2.75, 3.05) is 12.9 Å². The number of rotatable bonds is 9. The summed E-state index contributed by atoms with van der Waals surface area (Å²) >= 11 is 0. The molecule has 0 bridgehead atoms. The van der Waals surface area contributed by atoms with Gasteiger partial charge in [-0.25, -0.2) is 18.7 Å². The normalized spacial score (nSPS) is 18.7. The van der Waals surface area contributed by atoms with Gasteiger partial charge in [0.05, 0.1) is 0 Å². The van der Waals surface area contributed by atoms with Gasteiger partial charge in [0.15, 0.2) is 20.9 Å². The van der Waals surface area contributed by atoms with E-state index in [2.05, 4.69) is 5.48 Å². The number of amides is 1. The smallest absolute Gasteiger partial charge is 0.264 e. The molecule has 9 heteroatoms. The van der Waals surface area contributed by atoms with E-state index < -0.39 is 26.8 Å². The maximum Gasteiger partial charge on any atom is 0.264 e. The number of hydrogen-bond acceptors (Lipinski definition) is 6. The van der Waals surface area contributed by atoms with E-state index in [4.69, 9.17) is 9.57 Å². The number of nitrogens with zero attached hydrogens (tertiary/aromatic N) is 1. The first-order valence-corrected chi connectivity index (χ1v) is 12.8. The minimum absolute atomic E-state index is 0.0540. The fourth-order valence-corrected chi connectivity index (χ4v) is 4.24. The highest BCUT2D eigenvalue weighted by Gasteiger charge is 2.44. The SMILES string of the molecule is C[C@@](CCn1ccc(/C=C/c2ccccc2)cc1=O)(C(=O)NOC1CCCCO1)S(C)(=O)=O. The van der Waals surface area contributed by atoms with E-state index in [1.165, 1.54) is 17.6 Å². The Balaban J connectivity index is 1.67. The van der Waals surface area contributed by atoms with Crippen LogP contribution in [0.3, 0.4) is 0 Å². The molecule has 1 fully saturated rings. The second kappa shape index (κ2) is 10.9. The molecule has 2 heterocycles. The van der Waals surface area contributed by atoms with Crippen molar-refractivity contribution in [1.29, 1.82) is 0 Å². The van der Waals surface area contributed by atoms with Crippen LogP contribution in [0.2, 0.25) is 0 Å². The molecular formula is C24H30N2O6S. The molecular weight excluding hydrogens is 444 g/mol. The molecule has 178 valence electrons. The standard InChI is InChI=1S/C24H30N2O6S/c1-24(33(2,29)30,23(28)25-32-22-10-6-7-17-31-22)14-16-26-15-13-20(18-21(26)27)12-11-19-8-4-3-5-9-19/h3-5,8-9,11-13,15,18,22H,6-7,10,14,16-17H2,1-2H3,(H,25,28)/b12-11+/t22?,24-/m1/s1. The molecule has 2 atom stereocenters. The van der Waals surface area contributed by atoms with Crippen LogP contribution in [-0.4, -0.2) is 42.8 Å². The number of hydroxylamine groups is 1. The van der Waals surface area contributed by atoms with Crippen molar-refractivity contribution in [3.8, 4) is 0 Å². The average Bonchev–Trinajstić information content (AvgIpc) is 2.81. The molecule has 3 rings (SSSR count). The van der Waals surface area contributed by atoms with Gasteiger partial charge in [-0.05, 0) is 43.4 Å². The van der Waals surface area contributed by atoms with Crippen LogP contribution in [0.5, 0.6) is 0 Å². The Labute approximate surface area is 194 Å². The largest absolute Gasteiger partial charge is 0.350 e. The van der Waals surface area contributed by atoms with E-state index >= 15 is 0 Å². The monoisotopic (exact) mass is 474 g/mol. The van der Waals surface area contributed by atoms with Gasteiger partial charge in [-0.2, -0.15) is 0 Å². The van der Waals surface area contributed by atoms with Crippen LogP contribution in [0.1, 0.15) is 43.7 Å². The van der Waals surface area contributed by atoms with Gasteiger partial charge >= 0.3 is 0 Å². The highest BCUT2D eigenvalue weighted by molar-refractivity contribution is 7.92. The lowest BCUT2D eigenvalue weighted by molar-refractivity contribution is -0.201. The quantitative estimate of drug-likeness (QED) is 0.561. The third-order valence-electron chi connectivity index (χ3n) is 5.84. The molecule has 8 nitrogen and oxygen atoms in total. The summed E-state index contributed by atoms with van der Waals surface area (Å²) in [6.45, 7) is 1.92. The summed E-state index contributed by atoms with van der Waals surface area (Å²) in [6, 6.07) is 12.9. The Bertz CT molecular complexity index is 1140. The Hall–Kier alpha value is -2.75. The van der Waals surface area contributed by atoms with E-state index in [-0.39, 0.29) is 18.5 Å². The van der Waals surface area contributed by atoms with Crippen molar-refractivity contribution in [3.63, 3.8) is 0 Å². The van der Waals surface area contributed by atoms with Gasteiger partial charge in [-0.15, -0.1) is 0 Å². The lowest BCUT2D eigenvalue weighted by atomic mass is 10.1. The second-order valence-corrected chi connectivity index (χ2v) is 10.8. The zero-order valence-corrected chi connectivity index (χ0v) is 19.7. The predicted octanol–water partition coefficient (Wildman–Crippen LogP) is 2.79.